The van der Waals surface area contributed by atoms with Crippen LogP contribution >= 0.6 is 11.6 Å². The number of sulfonamides is 1. The van der Waals surface area contributed by atoms with Crippen LogP contribution in [0.5, 0.6) is 0 Å². The number of carbonyl (C=O) groups excluding carboxylic acids is 3. The second-order valence-electron chi connectivity index (χ2n) is 10.4. The van der Waals surface area contributed by atoms with E-state index in [2.05, 4.69) is 5.32 Å². The summed E-state index contributed by atoms with van der Waals surface area (Å²) >= 11 is 5.98. The Labute approximate surface area is 249 Å². The standard InChI is InChI=1S/C27H35ClN4O9S/c1-27(2,3)41-26(35)30(4)20(15-18-11-13-19(28)14-12-18)16-24(33)29-17-22(25(34)40-6)31(5)42(38,39)23-10-8-7-9-21(23)32(36)37/h7-14,20,22H,15-17H2,1-6H3,(H,29,33). The molecule has 2 rings (SSSR count). The highest BCUT2D eigenvalue weighted by Crippen LogP contribution is 2.27. The Bertz CT molecular complexity index is 1400. The summed E-state index contributed by atoms with van der Waals surface area (Å²) in [6, 6.07) is 9.31. The minimum atomic E-state index is -4.57. The van der Waals surface area contributed by atoms with Crippen molar-refractivity contribution in [2.45, 2.75) is 56.2 Å². The SMILES string of the molecule is COC(=O)C(CNC(=O)CC(Cc1ccc(Cl)cc1)N(C)C(=O)OC(C)(C)C)N(C)S(=O)(=O)c1ccccc1[N+](=O)[O-]. The number of para-hydroxylation sites is 1. The number of benzene rings is 2. The lowest BCUT2D eigenvalue weighted by atomic mass is 10.0. The Morgan fingerprint density at radius 2 is 1.67 bits per heavy atom. The zero-order valence-corrected chi connectivity index (χ0v) is 25.8. The molecule has 0 aliphatic rings. The number of esters is 1. The lowest BCUT2D eigenvalue weighted by molar-refractivity contribution is -0.387. The fraction of sp³-hybridized carbons (Fsp3) is 0.444. The molecule has 2 unspecified atom stereocenters. The van der Waals surface area contributed by atoms with Crippen LogP contribution in [0.15, 0.2) is 53.4 Å². The van der Waals surface area contributed by atoms with Gasteiger partial charge in [0.05, 0.1) is 12.0 Å². The van der Waals surface area contributed by atoms with Gasteiger partial charge in [0.2, 0.25) is 5.91 Å². The molecule has 42 heavy (non-hydrogen) atoms. The summed E-state index contributed by atoms with van der Waals surface area (Å²) in [5.74, 6) is -1.60. The van der Waals surface area contributed by atoms with Crippen LogP contribution in [0.25, 0.3) is 0 Å². The number of rotatable bonds is 12. The van der Waals surface area contributed by atoms with Crippen molar-refractivity contribution in [3.8, 4) is 0 Å². The van der Waals surface area contributed by atoms with Crippen molar-refractivity contribution in [3.63, 3.8) is 0 Å². The first kappa shape index (κ1) is 34.5. The Kier molecular flexibility index (Phi) is 11.8. The summed E-state index contributed by atoms with van der Waals surface area (Å²) in [4.78, 5) is 49.7. The number of likely N-dealkylation sites (N-methyl/N-ethyl adjacent to an activating group) is 2. The van der Waals surface area contributed by atoms with Crippen LogP contribution in [0.1, 0.15) is 32.8 Å². The number of hydrogen-bond donors (Lipinski definition) is 1. The Morgan fingerprint density at radius 1 is 1.07 bits per heavy atom. The molecule has 0 aromatic heterocycles. The van der Waals surface area contributed by atoms with E-state index in [-0.39, 0.29) is 12.8 Å². The van der Waals surface area contributed by atoms with Gasteiger partial charge in [-0.1, -0.05) is 35.9 Å². The van der Waals surface area contributed by atoms with Crippen molar-refractivity contribution in [1.29, 1.82) is 0 Å². The van der Waals surface area contributed by atoms with E-state index < -0.39 is 67.7 Å². The van der Waals surface area contributed by atoms with Crippen molar-refractivity contribution in [2.75, 3.05) is 27.7 Å². The van der Waals surface area contributed by atoms with Crippen LogP contribution in [0, 0.1) is 10.1 Å². The van der Waals surface area contributed by atoms with Crippen molar-refractivity contribution in [3.05, 3.63) is 69.2 Å². The second kappa shape index (κ2) is 14.4. The molecule has 2 amide bonds. The van der Waals surface area contributed by atoms with Gasteiger partial charge in [0.1, 0.15) is 11.6 Å². The molecule has 15 heteroatoms. The van der Waals surface area contributed by atoms with Gasteiger partial charge >= 0.3 is 12.1 Å². The van der Waals surface area contributed by atoms with Gasteiger partial charge in [-0.25, -0.2) is 13.2 Å². The lowest BCUT2D eigenvalue weighted by Crippen LogP contribution is -2.50. The third kappa shape index (κ3) is 9.39. The summed E-state index contributed by atoms with van der Waals surface area (Å²) in [7, 11) is -0.977. The maximum Gasteiger partial charge on any atom is 0.410 e. The summed E-state index contributed by atoms with van der Waals surface area (Å²) in [6.45, 7) is 4.62. The smallest absolute Gasteiger partial charge is 0.410 e. The third-order valence-electron chi connectivity index (χ3n) is 6.16. The largest absolute Gasteiger partial charge is 0.468 e. The Hall–Kier alpha value is -3.75. The average Bonchev–Trinajstić information content (AvgIpc) is 2.92. The summed E-state index contributed by atoms with van der Waals surface area (Å²) in [6.07, 6.45) is -0.628. The first-order chi connectivity index (χ1) is 19.5. The van der Waals surface area contributed by atoms with Crippen LogP contribution in [0.2, 0.25) is 5.02 Å². The number of methoxy groups -OCH3 is 1. The van der Waals surface area contributed by atoms with Gasteiger partial charge in [-0.05, 0) is 51.0 Å². The molecule has 13 nitrogen and oxygen atoms in total. The molecule has 0 aliphatic carbocycles. The fourth-order valence-corrected chi connectivity index (χ4v) is 5.45. The quantitative estimate of drug-likeness (QED) is 0.211. The topological polar surface area (TPSA) is 165 Å². The van der Waals surface area contributed by atoms with Gasteiger partial charge in [0.15, 0.2) is 4.90 Å². The van der Waals surface area contributed by atoms with Crippen molar-refractivity contribution in [2.24, 2.45) is 0 Å². The minimum Gasteiger partial charge on any atom is -0.468 e. The number of nitrogens with zero attached hydrogens (tertiary/aromatic N) is 3. The molecule has 0 radical (unpaired) electrons. The number of nitro benzene ring substituents is 1. The number of halogens is 1. The van der Waals surface area contributed by atoms with Gasteiger partial charge in [0.25, 0.3) is 15.7 Å². The van der Waals surface area contributed by atoms with E-state index in [1.54, 1.807) is 45.0 Å². The number of hydrogen-bond acceptors (Lipinski definition) is 9. The van der Waals surface area contributed by atoms with Gasteiger partial charge < -0.3 is 19.7 Å². The first-order valence-corrected chi connectivity index (χ1v) is 14.6. The van der Waals surface area contributed by atoms with Crippen molar-refractivity contribution in [1.82, 2.24) is 14.5 Å². The highest BCUT2D eigenvalue weighted by molar-refractivity contribution is 7.89. The van der Waals surface area contributed by atoms with Crippen molar-refractivity contribution >= 4 is 45.3 Å². The number of ether oxygens (including phenoxy) is 2. The molecule has 2 aromatic carbocycles. The monoisotopic (exact) mass is 626 g/mol. The molecule has 2 atom stereocenters. The predicted octanol–water partition coefficient (Wildman–Crippen LogP) is 3.39. The molecule has 0 bridgehead atoms. The molecular weight excluding hydrogens is 592 g/mol. The summed E-state index contributed by atoms with van der Waals surface area (Å²) < 4.78 is 37.4. The zero-order chi connectivity index (χ0) is 31.8. The van der Waals surface area contributed by atoms with Crippen LogP contribution in [-0.2, 0) is 35.5 Å². The fourth-order valence-electron chi connectivity index (χ4n) is 3.86. The predicted molar refractivity (Wildman–Crippen MR) is 154 cm³/mol. The van der Waals surface area contributed by atoms with E-state index >= 15 is 0 Å². The normalized spacial score (nSPS) is 13.1. The van der Waals surface area contributed by atoms with E-state index in [0.717, 1.165) is 31.9 Å². The van der Waals surface area contributed by atoms with E-state index in [0.29, 0.717) is 9.33 Å². The molecule has 0 spiro atoms. The first-order valence-electron chi connectivity index (χ1n) is 12.7. The molecule has 0 saturated carbocycles. The van der Waals surface area contributed by atoms with E-state index in [1.165, 1.54) is 24.1 Å². The molecule has 0 fully saturated rings. The Morgan fingerprint density at radius 3 is 2.21 bits per heavy atom. The Balaban J connectivity index is 2.27. The molecule has 0 heterocycles. The number of nitrogens with one attached hydrogen (secondary N) is 1. The number of amides is 2. The minimum absolute atomic E-state index is 0.229. The van der Waals surface area contributed by atoms with Crippen LogP contribution < -0.4 is 5.32 Å². The molecular formula is C27H35ClN4O9S. The summed E-state index contributed by atoms with van der Waals surface area (Å²) in [5, 5.41) is 14.5. The zero-order valence-electron chi connectivity index (χ0n) is 24.2. The molecule has 230 valence electrons. The second-order valence-corrected chi connectivity index (χ2v) is 12.8. The van der Waals surface area contributed by atoms with Gasteiger partial charge in [-0.3, -0.25) is 19.7 Å². The van der Waals surface area contributed by atoms with Crippen molar-refractivity contribution < 1.29 is 37.2 Å². The highest BCUT2D eigenvalue weighted by atomic mass is 35.5. The highest BCUT2D eigenvalue weighted by Gasteiger charge is 2.37. The van der Waals surface area contributed by atoms with E-state index in [4.69, 9.17) is 21.1 Å². The van der Waals surface area contributed by atoms with Crippen LogP contribution in [0.3, 0.4) is 0 Å². The molecule has 0 saturated heterocycles. The van der Waals surface area contributed by atoms with E-state index in [1.807, 2.05) is 0 Å². The average molecular weight is 627 g/mol. The van der Waals surface area contributed by atoms with E-state index in [9.17, 15) is 32.9 Å². The molecule has 1 N–H and O–H groups in total. The molecule has 2 aromatic rings. The molecule has 0 aliphatic heterocycles. The van der Waals surface area contributed by atoms with Gasteiger partial charge in [-0.2, -0.15) is 4.31 Å². The van der Waals surface area contributed by atoms with Crippen LogP contribution in [-0.4, -0.2) is 86.0 Å². The number of nitro groups is 1. The maximum absolute atomic E-state index is 13.3. The van der Waals surface area contributed by atoms with Crippen LogP contribution in [0.4, 0.5) is 10.5 Å². The number of carbonyl (C=O) groups is 3. The summed E-state index contributed by atoms with van der Waals surface area (Å²) in [5.41, 5.74) is -0.668. The van der Waals surface area contributed by atoms with Gasteiger partial charge in [0, 0.05) is 44.2 Å². The lowest BCUT2D eigenvalue weighted by Gasteiger charge is -2.31. The van der Waals surface area contributed by atoms with Gasteiger partial charge in [-0.15, -0.1) is 0 Å². The third-order valence-corrected chi connectivity index (χ3v) is 8.32. The maximum atomic E-state index is 13.3.